The number of halogens is 1. The Balaban J connectivity index is 3.08. The maximum absolute atomic E-state index is 12.2. The van der Waals surface area contributed by atoms with Crippen LogP contribution in [0.15, 0.2) is 29.2 Å². The first-order valence-corrected chi connectivity index (χ1v) is 6.89. The summed E-state index contributed by atoms with van der Waals surface area (Å²) in [7, 11) is -1.87. The van der Waals surface area contributed by atoms with Crippen LogP contribution in [0.5, 0.6) is 0 Å². The summed E-state index contributed by atoms with van der Waals surface area (Å²) >= 11 is 5.80. The second-order valence-electron chi connectivity index (χ2n) is 3.83. The molecule has 0 spiro atoms. The summed E-state index contributed by atoms with van der Waals surface area (Å²) in [6.07, 6.45) is 0. The monoisotopic (exact) mass is 261 g/mol. The normalized spacial score (nSPS) is 14.1. The van der Waals surface area contributed by atoms with Gasteiger partial charge in [0.2, 0.25) is 10.0 Å². The number of aryl methyl sites for hydroxylation is 1. The highest BCUT2D eigenvalue weighted by molar-refractivity contribution is 7.89. The average molecular weight is 262 g/mol. The molecule has 0 aliphatic carbocycles. The topological polar surface area (TPSA) is 37.4 Å². The molecule has 1 aromatic carbocycles. The van der Waals surface area contributed by atoms with Gasteiger partial charge < -0.3 is 0 Å². The number of rotatable bonds is 4. The van der Waals surface area contributed by atoms with Gasteiger partial charge in [0.05, 0.1) is 4.90 Å². The van der Waals surface area contributed by atoms with Crippen molar-refractivity contribution in [3.8, 4) is 0 Å². The Bertz CT molecular complexity index is 457. The third kappa shape index (κ3) is 2.97. The number of hydrogen-bond donors (Lipinski definition) is 0. The maximum Gasteiger partial charge on any atom is 0.243 e. The van der Waals surface area contributed by atoms with Crippen LogP contribution in [-0.4, -0.2) is 31.7 Å². The minimum atomic E-state index is -3.42. The van der Waals surface area contributed by atoms with E-state index in [1.165, 1.54) is 4.31 Å². The first-order valence-electron chi connectivity index (χ1n) is 5.01. The van der Waals surface area contributed by atoms with Crippen molar-refractivity contribution in [3.05, 3.63) is 29.8 Å². The molecule has 0 bridgehead atoms. The largest absolute Gasteiger partial charge is 0.243 e. The molecule has 90 valence electrons. The molecule has 0 aliphatic heterocycles. The highest BCUT2D eigenvalue weighted by atomic mass is 35.5. The van der Waals surface area contributed by atoms with Crippen LogP contribution in [0.25, 0.3) is 0 Å². The first kappa shape index (κ1) is 13.5. The number of benzene rings is 1. The summed E-state index contributed by atoms with van der Waals surface area (Å²) in [5, 5.41) is -0.205. The third-order valence-corrected chi connectivity index (χ3v) is 4.41. The van der Waals surface area contributed by atoms with Crippen molar-refractivity contribution in [2.24, 2.45) is 0 Å². The lowest BCUT2D eigenvalue weighted by atomic mass is 10.2. The molecule has 0 N–H and O–H groups in total. The second kappa shape index (κ2) is 5.17. The van der Waals surface area contributed by atoms with Gasteiger partial charge in [-0.05, 0) is 25.5 Å². The zero-order valence-electron chi connectivity index (χ0n) is 9.64. The van der Waals surface area contributed by atoms with Gasteiger partial charge in [-0.25, -0.2) is 8.42 Å². The molecule has 0 amide bonds. The van der Waals surface area contributed by atoms with E-state index in [4.69, 9.17) is 11.6 Å². The minimum absolute atomic E-state index is 0.205. The zero-order chi connectivity index (χ0) is 12.3. The Morgan fingerprint density at radius 1 is 1.38 bits per heavy atom. The third-order valence-electron chi connectivity index (χ3n) is 2.29. The standard InChI is InChI=1S/C11H16ClNO2S/c1-9-6-4-5-7-11(9)16(14,15)13(3)8-10(2)12/h4-7,10H,8H2,1-3H3. The summed E-state index contributed by atoms with van der Waals surface area (Å²) in [4.78, 5) is 0.342. The van der Waals surface area contributed by atoms with E-state index >= 15 is 0 Å². The highest BCUT2D eigenvalue weighted by Crippen LogP contribution is 2.18. The number of hydrogen-bond acceptors (Lipinski definition) is 2. The molecular formula is C11H16ClNO2S. The van der Waals surface area contributed by atoms with Crippen LogP contribution in [0.4, 0.5) is 0 Å². The van der Waals surface area contributed by atoms with E-state index in [1.54, 1.807) is 39.1 Å². The molecule has 1 rings (SSSR count). The Morgan fingerprint density at radius 3 is 2.44 bits per heavy atom. The van der Waals surface area contributed by atoms with Crippen molar-refractivity contribution >= 4 is 21.6 Å². The predicted octanol–water partition coefficient (Wildman–Crippen LogP) is 2.24. The van der Waals surface area contributed by atoms with E-state index in [-0.39, 0.29) is 5.38 Å². The summed E-state index contributed by atoms with van der Waals surface area (Å²) in [6, 6.07) is 6.93. The van der Waals surface area contributed by atoms with Crippen molar-refractivity contribution in [3.63, 3.8) is 0 Å². The highest BCUT2D eigenvalue weighted by Gasteiger charge is 2.22. The number of alkyl halides is 1. The van der Waals surface area contributed by atoms with Crippen LogP contribution in [0, 0.1) is 6.92 Å². The molecule has 0 saturated heterocycles. The Hall–Kier alpha value is -0.580. The molecule has 0 heterocycles. The summed E-state index contributed by atoms with van der Waals surface area (Å²) in [5.41, 5.74) is 0.747. The summed E-state index contributed by atoms with van der Waals surface area (Å²) in [5.74, 6) is 0. The number of sulfonamides is 1. The van der Waals surface area contributed by atoms with Crippen molar-refractivity contribution in [1.82, 2.24) is 4.31 Å². The molecule has 3 nitrogen and oxygen atoms in total. The average Bonchev–Trinajstić information content (AvgIpc) is 2.16. The molecule has 0 aromatic heterocycles. The van der Waals surface area contributed by atoms with Crippen LogP contribution in [0.1, 0.15) is 12.5 Å². The van der Waals surface area contributed by atoms with Crippen LogP contribution >= 0.6 is 11.6 Å². The van der Waals surface area contributed by atoms with Crippen molar-refractivity contribution in [2.75, 3.05) is 13.6 Å². The molecule has 0 saturated carbocycles. The Labute approximate surface area is 102 Å². The van der Waals surface area contributed by atoms with Crippen LogP contribution < -0.4 is 0 Å². The fraction of sp³-hybridized carbons (Fsp3) is 0.455. The lowest BCUT2D eigenvalue weighted by Gasteiger charge is -2.19. The van der Waals surface area contributed by atoms with Gasteiger partial charge in [-0.2, -0.15) is 4.31 Å². The summed E-state index contributed by atoms with van der Waals surface area (Å²) in [6.45, 7) is 3.86. The molecule has 1 aromatic rings. The lowest BCUT2D eigenvalue weighted by Crippen LogP contribution is -2.31. The lowest BCUT2D eigenvalue weighted by molar-refractivity contribution is 0.470. The minimum Gasteiger partial charge on any atom is -0.207 e. The Kier molecular flexibility index (Phi) is 4.35. The van der Waals surface area contributed by atoms with E-state index < -0.39 is 10.0 Å². The van der Waals surface area contributed by atoms with Gasteiger partial charge >= 0.3 is 0 Å². The van der Waals surface area contributed by atoms with Crippen LogP contribution in [0.3, 0.4) is 0 Å². The maximum atomic E-state index is 12.2. The van der Waals surface area contributed by atoms with E-state index in [9.17, 15) is 8.42 Å². The molecule has 16 heavy (non-hydrogen) atoms. The van der Waals surface area contributed by atoms with Gasteiger partial charge in [0, 0.05) is 19.0 Å². The van der Waals surface area contributed by atoms with Gasteiger partial charge in [-0.1, -0.05) is 18.2 Å². The van der Waals surface area contributed by atoms with E-state index in [1.807, 2.05) is 6.07 Å². The zero-order valence-corrected chi connectivity index (χ0v) is 11.2. The van der Waals surface area contributed by atoms with Crippen LogP contribution in [-0.2, 0) is 10.0 Å². The van der Waals surface area contributed by atoms with Crippen LogP contribution in [0.2, 0.25) is 0 Å². The summed E-state index contributed by atoms with van der Waals surface area (Å²) < 4.78 is 25.6. The van der Waals surface area contributed by atoms with Crippen molar-refractivity contribution in [1.29, 1.82) is 0 Å². The smallest absolute Gasteiger partial charge is 0.207 e. The molecule has 1 atom stereocenters. The van der Waals surface area contributed by atoms with E-state index in [2.05, 4.69) is 0 Å². The van der Waals surface area contributed by atoms with Gasteiger partial charge in [0.15, 0.2) is 0 Å². The fourth-order valence-corrected chi connectivity index (χ4v) is 3.24. The molecule has 0 fully saturated rings. The molecule has 1 unspecified atom stereocenters. The molecule has 5 heteroatoms. The first-order chi connectivity index (χ1) is 7.35. The molecule has 0 radical (unpaired) electrons. The van der Waals surface area contributed by atoms with Gasteiger partial charge in [0.25, 0.3) is 0 Å². The van der Waals surface area contributed by atoms with Crippen molar-refractivity contribution < 1.29 is 8.42 Å². The SMILES string of the molecule is Cc1ccccc1S(=O)(=O)N(C)CC(C)Cl. The van der Waals surface area contributed by atoms with Gasteiger partial charge in [-0.3, -0.25) is 0 Å². The van der Waals surface area contributed by atoms with E-state index in [0.717, 1.165) is 5.56 Å². The second-order valence-corrected chi connectivity index (χ2v) is 6.59. The van der Waals surface area contributed by atoms with Gasteiger partial charge in [-0.15, -0.1) is 11.6 Å². The predicted molar refractivity (Wildman–Crippen MR) is 66.3 cm³/mol. The van der Waals surface area contributed by atoms with Crippen molar-refractivity contribution in [2.45, 2.75) is 24.1 Å². The molecular weight excluding hydrogens is 246 g/mol. The van der Waals surface area contributed by atoms with Gasteiger partial charge in [0.1, 0.15) is 0 Å². The van der Waals surface area contributed by atoms with E-state index in [0.29, 0.717) is 11.4 Å². The molecule has 0 aliphatic rings. The number of nitrogens with zero attached hydrogens (tertiary/aromatic N) is 1. The quantitative estimate of drug-likeness (QED) is 0.780. The Morgan fingerprint density at radius 2 is 1.94 bits per heavy atom. The fourth-order valence-electron chi connectivity index (χ4n) is 1.47.